The molecule has 3 aromatic rings. The van der Waals surface area contributed by atoms with Crippen LogP contribution < -0.4 is 11.5 Å². The van der Waals surface area contributed by atoms with E-state index in [1.165, 1.54) is 0 Å². The molecule has 0 aliphatic carbocycles. The van der Waals surface area contributed by atoms with Crippen LogP contribution in [0.2, 0.25) is 0 Å². The maximum absolute atomic E-state index is 11.6. The van der Waals surface area contributed by atoms with Gasteiger partial charge < -0.3 is 16.5 Å². The molecule has 1 aromatic heterocycles. The highest BCUT2D eigenvalue weighted by molar-refractivity contribution is 6.09. The van der Waals surface area contributed by atoms with Gasteiger partial charge in [-0.3, -0.25) is 4.79 Å². The molecule has 4 nitrogen and oxygen atoms in total. The molecular weight excluding hydrogens is 262 g/mol. The summed E-state index contributed by atoms with van der Waals surface area (Å²) in [7, 11) is 0. The summed E-state index contributed by atoms with van der Waals surface area (Å²) < 4.78 is 0. The van der Waals surface area contributed by atoms with Crippen molar-refractivity contribution in [1.82, 2.24) is 4.98 Å². The number of fused-ring (bicyclic) bond motifs is 1. The minimum atomic E-state index is -0.430. The molecule has 0 unspecified atom stereocenters. The molecule has 21 heavy (non-hydrogen) atoms. The van der Waals surface area contributed by atoms with Gasteiger partial charge in [-0.15, -0.1) is 0 Å². The quantitative estimate of drug-likeness (QED) is 0.688. The average molecular weight is 279 g/mol. The third-order valence-electron chi connectivity index (χ3n) is 3.72. The Morgan fingerprint density at radius 2 is 1.90 bits per heavy atom. The number of hydrogen-bond donors (Lipinski definition) is 3. The van der Waals surface area contributed by atoms with Crippen molar-refractivity contribution >= 4 is 16.8 Å². The van der Waals surface area contributed by atoms with Crippen LogP contribution in [-0.2, 0) is 6.54 Å². The molecule has 5 N–H and O–H groups in total. The second-order valence-electron chi connectivity index (χ2n) is 5.13. The van der Waals surface area contributed by atoms with Gasteiger partial charge >= 0.3 is 0 Å². The summed E-state index contributed by atoms with van der Waals surface area (Å²) >= 11 is 0. The Morgan fingerprint density at radius 3 is 2.62 bits per heavy atom. The third-order valence-corrected chi connectivity index (χ3v) is 3.72. The van der Waals surface area contributed by atoms with Gasteiger partial charge in [-0.05, 0) is 35.7 Å². The summed E-state index contributed by atoms with van der Waals surface area (Å²) in [5, 5.41) is 0.990. The van der Waals surface area contributed by atoms with Crippen molar-refractivity contribution in [3.05, 3.63) is 59.3 Å². The summed E-state index contributed by atoms with van der Waals surface area (Å²) in [6.45, 7) is 2.43. The first-order chi connectivity index (χ1) is 10.1. The Kier molecular flexibility index (Phi) is 3.23. The van der Waals surface area contributed by atoms with Crippen molar-refractivity contribution in [2.45, 2.75) is 13.5 Å². The van der Waals surface area contributed by atoms with Gasteiger partial charge in [0.05, 0.1) is 11.1 Å². The Morgan fingerprint density at radius 1 is 1.14 bits per heavy atom. The van der Waals surface area contributed by atoms with Crippen LogP contribution in [0.4, 0.5) is 0 Å². The molecule has 0 atom stereocenters. The highest BCUT2D eigenvalue weighted by Gasteiger charge is 2.14. The molecule has 2 aromatic carbocycles. The number of carbonyl (C=O) groups is 1. The second-order valence-corrected chi connectivity index (χ2v) is 5.13. The lowest BCUT2D eigenvalue weighted by molar-refractivity contribution is 0.100. The topological polar surface area (TPSA) is 84.9 Å². The number of aromatic nitrogens is 1. The monoisotopic (exact) mass is 279 g/mol. The number of rotatable bonds is 3. The fraction of sp³-hybridized carbons (Fsp3) is 0.118. The zero-order valence-electron chi connectivity index (χ0n) is 11.8. The van der Waals surface area contributed by atoms with Crippen molar-refractivity contribution in [2.75, 3.05) is 0 Å². The number of H-pyrrole nitrogens is 1. The second kappa shape index (κ2) is 5.07. The molecule has 0 fully saturated rings. The normalized spacial score (nSPS) is 11.0. The molecule has 0 radical (unpaired) electrons. The molecule has 106 valence electrons. The number of nitrogens with one attached hydrogen (secondary N) is 1. The van der Waals surface area contributed by atoms with Crippen LogP contribution in [0.1, 0.15) is 21.6 Å². The van der Waals surface area contributed by atoms with Crippen LogP contribution in [0.15, 0.2) is 42.5 Å². The fourth-order valence-corrected chi connectivity index (χ4v) is 2.76. The van der Waals surface area contributed by atoms with Crippen LogP contribution in [0, 0.1) is 6.92 Å². The largest absolute Gasteiger partial charge is 0.366 e. The van der Waals surface area contributed by atoms with E-state index in [0.717, 1.165) is 33.3 Å². The number of hydrogen-bond acceptors (Lipinski definition) is 2. The molecule has 0 aliphatic heterocycles. The van der Waals surface area contributed by atoms with Crippen LogP contribution >= 0.6 is 0 Å². The lowest BCUT2D eigenvalue weighted by Crippen LogP contribution is -2.11. The van der Waals surface area contributed by atoms with E-state index < -0.39 is 5.91 Å². The molecule has 1 amide bonds. The Bertz CT molecular complexity index is 833. The van der Waals surface area contributed by atoms with Gasteiger partial charge in [-0.1, -0.05) is 30.3 Å². The molecule has 0 saturated carbocycles. The van der Waals surface area contributed by atoms with Gasteiger partial charge in [0, 0.05) is 17.6 Å². The number of carbonyl (C=O) groups excluding carboxylic acids is 1. The van der Waals surface area contributed by atoms with Crippen LogP contribution in [0.3, 0.4) is 0 Å². The lowest BCUT2D eigenvalue weighted by atomic mass is 9.95. The van der Waals surface area contributed by atoms with Gasteiger partial charge in [-0.25, -0.2) is 0 Å². The fourth-order valence-electron chi connectivity index (χ4n) is 2.76. The molecule has 3 rings (SSSR count). The van der Waals surface area contributed by atoms with Crippen LogP contribution in [0.25, 0.3) is 22.0 Å². The number of nitrogens with two attached hydrogens (primary N) is 2. The van der Waals surface area contributed by atoms with E-state index in [2.05, 4.69) is 4.98 Å². The third kappa shape index (κ3) is 2.19. The average Bonchev–Trinajstić information content (AvgIpc) is 2.87. The zero-order chi connectivity index (χ0) is 15.0. The maximum atomic E-state index is 11.6. The predicted molar refractivity (Wildman–Crippen MR) is 84.9 cm³/mol. The number of aryl methyl sites for hydroxylation is 1. The summed E-state index contributed by atoms with van der Waals surface area (Å²) in [6, 6.07) is 13.8. The summed E-state index contributed by atoms with van der Waals surface area (Å²) in [6.07, 6.45) is 0. The first-order valence-electron chi connectivity index (χ1n) is 6.82. The summed E-state index contributed by atoms with van der Waals surface area (Å²) in [5.74, 6) is -0.430. The summed E-state index contributed by atoms with van der Waals surface area (Å²) in [4.78, 5) is 14.8. The van der Waals surface area contributed by atoms with Crippen LogP contribution in [0.5, 0.6) is 0 Å². The first kappa shape index (κ1) is 13.4. The smallest absolute Gasteiger partial charge is 0.250 e. The van der Waals surface area contributed by atoms with E-state index in [0.29, 0.717) is 12.1 Å². The van der Waals surface area contributed by atoms with E-state index in [4.69, 9.17) is 11.5 Å². The van der Waals surface area contributed by atoms with Gasteiger partial charge in [0.15, 0.2) is 0 Å². The molecule has 4 heteroatoms. The zero-order valence-corrected chi connectivity index (χ0v) is 11.8. The standard InChI is InChI=1S/C17H17N3O/c1-10-8-15-13(12-5-3-2-4-11(12)9-18)6-7-14(17(19)21)16(15)20-10/h2-8,20H,9,18H2,1H3,(H2,19,21). The Hall–Kier alpha value is -2.59. The molecule has 0 aliphatic rings. The number of primary amides is 1. The van der Waals surface area contributed by atoms with E-state index in [-0.39, 0.29) is 0 Å². The van der Waals surface area contributed by atoms with Crippen molar-refractivity contribution in [2.24, 2.45) is 11.5 Å². The van der Waals surface area contributed by atoms with Crippen molar-refractivity contribution in [3.63, 3.8) is 0 Å². The van der Waals surface area contributed by atoms with E-state index in [1.807, 2.05) is 43.3 Å². The maximum Gasteiger partial charge on any atom is 0.250 e. The molecule has 0 saturated heterocycles. The number of aromatic amines is 1. The number of amides is 1. The minimum Gasteiger partial charge on any atom is -0.366 e. The molecule has 0 bridgehead atoms. The molecular formula is C17H17N3O. The van der Waals surface area contributed by atoms with Crippen molar-refractivity contribution in [3.8, 4) is 11.1 Å². The van der Waals surface area contributed by atoms with Gasteiger partial charge in [0.1, 0.15) is 0 Å². The van der Waals surface area contributed by atoms with Crippen LogP contribution in [-0.4, -0.2) is 10.9 Å². The highest BCUT2D eigenvalue weighted by atomic mass is 16.1. The Labute approximate surface area is 122 Å². The minimum absolute atomic E-state index is 0.430. The highest BCUT2D eigenvalue weighted by Crippen LogP contribution is 2.33. The van der Waals surface area contributed by atoms with Crippen molar-refractivity contribution in [1.29, 1.82) is 0 Å². The Balaban J connectivity index is 2.34. The van der Waals surface area contributed by atoms with Crippen molar-refractivity contribution < 1.29 is 4.79 Å². The van der Waals surface area contributed by atoms with E-state index >= 15 is 0 Å². The predicted octanol–water partition coefficient (Wildman–Crippen LogP) is 2.70. The SMILES string of the molecule is Cc1cc2c(-c3ccccc3CN)ccc(C(N)=O)c2[nH]1. The number of benzene rings is 2. The van der Waals surface area contributed by atoms with E-state index in [1.54, 1.807) is 6.07 Å². The molecule has 1 heterocycles. The van der Waals surface area contributed by atoms with E-state index in [9.17, 15) is 4.79 Å². The molecule has 0 spiro atoms. The first-order valence-corrected chi connectivity index (χ1v) is 6.82. The summed E-state index contributed by atoms with van der Waals surface area (Å²) in [5.41, 5.74) is 16.8. The van der Waals surface area contributed by atoms with Gasteiger partial charge in [0.2, 0.25) is 0 Å². The van der Waals surface area contributed by atoms with Gasteiger partial charge in [0.25, 0.3) is 5.91 Å². The lowest BCUT2D eigenvalue weighted by Gasteiger charge is -2.10. The van der Waals surface area contributed by atoms with Gasteiger partial charge in [-0.2, -0.15) is 0 Å².